The quantitative estimate of drug-likeness (QED) is 0.508. The minimum absolute atomic E-state index is 0.749. The highest BCUT2D eigenvalue weighted by molar-refractivity contribution is 5.03. The van der Waals surface area contributed by atoms with E-state index >= 15 is 0 Å². The van der Waals surface area contributed by atoms with Crippen molar-refractivity contribution >= 4 is 0 Å². The van der Waals surface area contributed by atoms with Gasteiger partial charge >= 0.3 is 0 Å². The summed E-state index contributed by atoms with van der Waals surface area (Å²) < 4.78 is 0. The zero-order valence-corrected chi connectivity index (χ0v) is 5.64. The Labute approximate surface area is 56.0 Å². The van der Waals surface area contributed by atoms with Crippen molar-refractivity contribution in [2.45, 2.75) is 18.9 Å². The minimum Gasteiger partial charge on any atom is -0.661 e. The first-order valence-electron chi connectivity index (χ1n) is 3.83. The summed E-state index contributed by atoms with van der Waals surface area (Å²) in [7, 11) is 0. The highest BCUT2D eigenvalue weighted by Crippen LogP contribution is 2.24. The molecule has 2 aliphatic heterocycles. The molecule has 0 unspecified atom stereocenters. The molecule has 2 heterocycles. The van der Waals surface area contributed by atoms with Gasteiger partial charge in [-0.1, -0.05) is 0 Å². The monoisotopic (exact) mass is 125 g/mol. The molecule has 9 heavy (non-hydrogen) atoms. The average molecular weight is 125 g/mol. The Balaban J connectivity index is 1.97. The number of piperidine rings is 1. The van der Waals surface area contributed by atoms with Gasteiger partial charge in [-0.2, -0.15) is 0 Å². The molecule has 0 spiro atoms. The third kappa shape index (κ3) is 0.970. The highest BCUT2D eigenvalue weighted by Gasteiger charge is 2.22. The third-order valence-electron chi connectivity index (χ3n) is 2.42. The second kappa shape index (κ2) is 2.27. The van der Waals surface area contributed by atoms with Crippen LogP contribution in [0, 0.1) is 5.92 Å². The third-order valence-corrected chi connectivity index (χ3v) is 2.42. The fourth-order valence-corrected chi connectivity index (χ4v) is 1.83. The molecule has 2 fully saturated rings. The van der Waals surface area contributed by atoms with Gasteiger partial charge in [0.25, 0.3) is 0 Å². The van der Waals surface area contributed by atoms with Crippen molar-refractivity contribution < 1.29 is 0 Å². The van der Waals surface area contributed by atoms with Crippen LogP contribution >= 0.6 is 0 Å². The lowest BCUT2D eigenvalue weighted by Gasteiger charge is -2.27. The van der Waals surface area contributed by atoms with Crippen molar-refractivity contribution in [1.82, 2.24) is 5.32 Å². The van der Waals surface area contributed by atoms with Crippen LogP contribution in [0.2, 0.25) is 0 Å². The summed E-state index contributed by atoms with van der Waals surface area (Å²) >= 11 is 0. The van der Waals surface area contributed by atoms with Gasteiger partial charge in [0, 0.05) is 0 Å². The maximum Gasteiger partial charge on any atom is -0.00468 e. The molecule has 0 aromatic rings. The fourth-order valence-electron chi connectivity index (χ4n) is 1.83. The van der Waals surface area contributed by atoms with Gasteiger partial charge in [0.05, 0.1) is 0 Å². The molecule has 0 radical (unpaired) electrons. The number of rotatable bonds is 0. The summed E-state index contributed by atoms with van der Waals surface area (Å²) in [6.07, 6.45) is 2.76. The van der Waals surface area contributed by atoms with Crippen LogP contribution in [-0.4, -0.2) is 25.7 Å². The Kier molecular flexibility index (Phi) is 1.44. The predicted octanol–water partition coefficient (Wildman–Crippen LogP) is 0.742. The van der Waals surface area contributed by atoms with E-state index in [9.17, 15) is 0 Å². The topological polar surface area (TPSA) is 26.1 Å². The first kappa shape index (κ1) is 5.69. The van der Waals surface area contributed by atoms with E-state index in [0.717, 1.165) is 25.0 Å². The molecule has 0 aromatic carbocycles. The minimum atomic E-state index is 0.749. The standard InChI is InChI=1S/C7H13N2/c1-2-6-4-8-5-7(6)9-3-1/h6-7,9H,1-5H2/q-1/t6-,7-/m0/s1. The Morgan fingerprint density at radius 3 is 3.22 bits per heavy atom. The van der Waals surface area contributed by atoms with Crippen LogP contribution in [-0.2, 0) is 0 Å². The van der Waals surface area contributed by atoms with Crippen LogP contribution < -0.4 is 5.32 Å². The number of hydrogen-bond acceptors (Lipinski definition) is 1. The molecule has 2 heteroatoms. The summed E-state index contributed by atoms with van der Waals surface area (Å²) in [5.74, 6) is 0.888. The number of fused-ring (bicyclic) bond motifs is 1. The van der Waals surface area contributed by atoms with Crippen molar-refractivity contribution in [3.8, 4) is 0 Å². The Morgan fingerprint density at radius 1 is 1.33 bits per heavy atom. The molecular formula is C7H13N2-. The summed E-state index contributed by atoms with van der Waals surface area (Å²) in [6, 6.07) is 0.749. The first-order valence-corrected chi connectivity index (χ1v) is 3.83. The van der Waals surface area contributed by atoms with Crippen molar-refractivity contribution in [2.24, 2.45) is 5.92 Å². The van der Waals surface area contributed by atoms with Gasteiger partial charge in [-0.05, 0) is 31.3 Å². The maximum absolute atomic E-state index is 4.37. The Hall–Kier alpha value is -0.0800. The van der Waals surface area contributed by atoms with Crippen molar-refractivity contribution in [3.63, 3.8) is 0 Å². The average Bonchev–Trinajstić information content (AvgIpc) is 2.33. The van der Waals surface area contributed by atoms with E-state index in [0.29, 0.717) is 0 Å². The summed E-state index contributed by atoms with van der Waals surface area (Å²) in [5.41, 5.74) is 0. The molecule has 0 aliphatic carbocycles. The van der Waals surface area contributed by atoms with Crippen LogP contribution in [0.1, 0.15) is 12.8 Å². The second-order valence-electron chi connectivity index (χ2n) is 3.05. The van der Waals surface area contributed by atoms with Gasteiger partial charge in [-0.3, -0.25) is 0 Å². The van der Waals surface area contributed by atoms with Crippen LogP contribution in [0.3, 0.4) is 0 Å². The summed E-state index contributed by atoms with van der Waals surface area (Å²) in [6.45, 7) is 3.42. The van der Waals surface area contributed by atoms with E-state index in [4.69, 9.17) is 0 Å². The SMILES string of the molecule is C1CN[C@H]2C[N-]C[C@@H]2C1. The van der Waals surface area contributed by atoms with E-state index in [1.165, 1.54) is 19.4 Å². The fraction of sp³-hybridized carbons (Fsp3) is 1.00. The molecule has 52 valence electrons. The first-order chi connectivity index (χ1) is 4.47. The Morgan fingerprint density at radius 2 is 2.33 bits per heavy atom. The molecule has 0 amide bonds. The molecule has 2 atom stereocenters. The zero-order valence-electron chi connectivity index (χ0n) is 5.64. The number of nitrogens with zero attached hydrogens (tertiary/aromatic N) is 1. The van der Waals surface area contributed by atoms with Crippen molar-refractivity contribution in [2.75, 3.05) is 19.6 Å². The molecule has 0 aromatic heterocycles. The van der Waals surface area contributed by atoms with E-state index in [1.54, 1.807) is 0 Å². The zero-order chi connectivity index (χ0) is 6.10. The van der Waals surface area contributed by atoms with Gasteiger partial charge < -0.3 is 10.6 Å². The molecule has 2 rings (SSSR count). The van der Waals surface area contributed by atoms with E-state index in [1.807, 2.05) is 0 Å². The van der Waals surface area contributed by atoms with Gasteiger partial charge in [-0.15, -0.1) is 13.1 Å². The highest BCUT2D eigenvalue weighted by atomic mass is 15.0. The maximum atomic E-state index is 4.37. The molecule has 0 saturated carbocycles. The summed E-state index contributed by atoms with van der Waals surface area (Å²) in [4.78, 5) is 0. The Bertz CT molecular complexity index is 91.1. The summed E-state index contributed by atoms with van der Waals surface area (Å²) in [5, 5.41) is 7.85. The molecular weight excluding hydrogens is 112 g/mol. The smallest absolute Gasteiger partial charge is 0.00468 e. The largest absolute Gasteiger partial charge is 0.661 e. The van der Waals surface area contributed by atoms with E-state index in [2.05, 4.69) is 10.6 Å². The second-order valence-corrected chi connectivity index (χ2v) is 3.05. The molecule has 2 saturated heterocycles. The van der Waals surface area contributed by atoms with Gasteiger partial charge in [0.2, 0.25) is 0 Å². The number of hydrogen-bond donors (Lipinski definition) is 1. The molecule has 2 aliphatic rings. The van der Waals surface area contributed by atoms with Crippen LogP contribution in [0.5, 0.6) is 0 Å². The van der Waals surface area contributed by atoms with Crippen molar-refractivity contribution in [1.29, 1.82) is 0 Å². The molecule has 2 nitrogen and oxygen atoms in total. The molecule has 0 bridgehead atoms. The van der Waals surface area contributed by atoms with Crippen LogP contribution in [0.4, 0.5) is 0 Å². The van der Waals surface area contributed by atoms with Crippen LogP contribution in [0.15, 0.2) is 0 Å². The van der Waals surface area contributed by atoms with E-state index in [-0.39, 0.29) is 0 Å². The predicted molar refractivity (Wildman–Crippen MR) is 37.6 cm³/mol. The lowest BCUT2D eigenvalue weighted by Crippen LogP contribution is -2.40. The van der Waals surface area contributed by atoms with Crippen LogP contribution in [0.25, 0.3) is 5.32 Å². The lowest BCUT2D eigenvalue weighted by atomic mass is 9.94. The van der Waals surface area contributed by atoms with Gasteiger partial charge in [0.15, 0.2) is 0 Å². The number of nitrogens with one attached hydrogen (secondary N) is 1. The van der Waals surface area contributed by atoms with Crippen molar-refractivity contribution in [3.05, 3.63) is 5.32 Å². The van der Waals surface area contributed by atoms with Gasteiger partial charge in [-0.25, -0.2) is 0 Å². The van der Waals surface area contributed by atoms with E-state index < -0.39 is 0 Å². The normalized spacial score (nSPS) is 42.7. The lowest BCUT2D eigenvalue weighted by molar-refractivity contribution is 0.340. The molecule has 1 N–H and O–H groups in total. The van der Waals surface area contributed by atoms with Gasteiger partial charge in [0.1, 0.15) is 0 Å².